The number of aryl methyl sites for hydroxylation is 1. The number of anilines is 1. The number of benzene rings is 2. The molecule has 3 aromatic rings. The average molecular weight is 463 g/mol. The Balaban J connectivity index is 1.44. The molecule has 156 valence electrons. The van der Waals surface area contributed by atoms with E-state index in [1.807, 2.05) is 48.2 Å². The summed E-state index contributed by atoms with van der Waals surface area (Å²) in [6.07, 6.45) is 0. The Bertz CT molecular complexity index is 1140. The molecule has 30 heavy (non-hydrogen) atoms. The molecule has 0 radical (unpaired) electrons. The van der Waals surface area contributed by atoms with E-state index in [1.54, 1.807) is 0 Å². The van der Waals surface area contributed by atoms with Crippen LogP contribution in [-0.4, -0.2) is 49.1 Å². The second-order valence-corrected chi connectivity index (χ2v) is 9.86. The maximum atomic E-state index is 12.9. The van der Waals surface area contributed by atoms with E-state index in [0.29, 0.717) is 31.2 Å². The van der Waals surface area contributed by atoms with E-state index in [0.717, 1.165) is 17.1 Å². The van der Waals surface area contributed by atoms with Crippen LogP contribution in [0, 0.1) is 6.92 Å². The van der Waals surface area contributed by atoms with Gasteiger partial charge in [-0.05, 0) is 37.3 Å². The van der Waals surface area contributed by atoms with Gasteiger partial charge in [0.1, 0.15) is 0 Å². The Hall–Kier alpha value is -2.19. The number of aromatic nitrogens is 2. The van der Waals surface area contributed by atoms with Crippen LogP contribution in [0.5, 0.6) is 0 Å². The zero-order chi connectivity index (χ0) is 21.3. The van der Waals surface area contributed by atoms with Crippen LogP contribution in [0.1, 0.15) is 5.56 Å². The maximum absolute atomic E-state index is 12.9. The summed E-state index contributed by atoms with van der Waals surface area (Å²) in [4.78, 5) is 2.18. The van der Waals surface area contributed by atoms with Crippen molar-refractivity contribution in [1.29, 1.82) is 0 Å². The fourth-order valence-electron chi connectivity index (χ4n) is 3.32. The van der Waals surface area contributed by atoms with Gasteiger partial charge in [-0.15, -0.1) is 10.2 Å². The molecule has 9 heteroatoms. The first-order valence-corrected chi connectivity index (χ1v) is 11.6. The number of nitrogens with zero attached hydrogens (tertiary/aromatic N) is 4. The molecule has 2 heterocycles. The van der Waals surface area contributed by atoms with Gasteiger partial charge in [0.05, 0.1) is 20.6 Å². The molecule has 1 aromatic heterocycles. The third-order valence-corrected chi connectivity index (χ3v) is 7.72. The Labute approximate surface area is 186 Å². The van der Waals surface area contributed by atoms with Crippen LogP contribution >= 0.6 is 23.2 Å². The van der Waals surface area contributed by atoms with Crippen LogP contribution in [0.4, 0.5) is 5.82 Å². The molecular weight excluding hydrogens is 443 g/mol. The van der Waals surface area contributed by atoms with Gasteiger partial charge in [0.25, 0.3) is 0 Å². The minimum Gasteiger partial charge on any atom is -0.352 e. The summed E-state index contributed by atoms with van der Waals surface area (Å²) in [5.74, 6) is 0.734. The number of halogens is 2. The van der Waals surface area contributed by atoms with Gasteiger partial charge in [0.2, 0.25) is 10.0 Å². The summed E-state index contributed by atoms with van der Waals surface area (Å²) in [5, 5.41) is 9.23. The molecule has 0 amide bonds. The fourth-order valence-corrected chi connectivity index (χ4v) is 5.13. The van der Waals surface area contributed by atoms with Gasteiger partial charge in [-0.2, -0.15) is 4.31 Å². The Kier molecular flexibility index (Phi) is 5.97. The van der Waals surface area contributed by atoms with Crippen molar-refractivity contribution in [2.45, 2.75) is 11.8 Å². The molecule has 0 spiro atoms. The molecule has 1 saturated heterocycles. The molecule has 1 aliphatic rings. The number of sulfonamides is 1. The van der Waals surface area contributed by atoms with Crippen molar-refractivity contribution >= 4 is 39.0 Å². The molecule has 0 aliphatic carbocycles. The lowest BCUT2D eigenvalue weighted by molar-refractivity contribution is 0.383. The van der Waals surface area contributed by atoms with Crippen molar-refractivity contribution in [2.24, 2.45) is 0 Å². The molecule has 1 aliphatic heterocycles. The Morgan fingerprint density at radius 2 is 1.53 bits per heavy atom. The van der Waals surface area contributed by atoms with E-state index >= 15 is 0 Å². The molecule has 1 fully saturated rings. The standard InChI is InChI=1S/C21H20Cl2N4O2S/c1-15-2-4-16(5-3-15)20-8-9-21(25-24-20)26-10-12-27(13-11-26)30(28,29)17-6-7-18(22)19(23)14-17/h2-9,14H,10-13H2,1H3. The smallest absolute Gasteiger partial charge is 0.243 e. The van der Waals surface area contributed by atoms with Gasteiger partial charge < -0.3 is 4.90 Å². The fraction of sp³-hybridized carbons (Fsp3) is 0.238. The van der Waals surface area contributed by atoms with Crippen LogP contribution in [0.3, 0.4) is 0 Å². The first-order chi connectivity index (χ1) is 14.3. The molecule has 4 rings (SSSR count). The summed E-state index contributed by atoms with van der Waals surface area (Å²) < 4.78 is 27.2. The van der Waals surface area contributed by atoms with Crippen LogP contribution in [-0.2, 0) is 10.0 Å². The quantitative estimate of drug-likeness (QED) is 0.578. The van der Waals surface area contributed by atoms with Crippen molar-refractivity contribution < 1.29 is 8.42 Å². The lowest BCUT2D eigenvalue weighted by Crippen LogP contribution is -2.49. The van der Waals surface area contributed by atoms with Crippen molar-refractivity contribution in [3.05, 3.63) is 70.2 Å². The monoisotopic (exact) mass is 462 g/mol. The van der Waals surface area contributed by atoms with Crippen LogP contribution in [0.25, 0.3) is 11.3 Å². The maximum Gasteiger partial charge on any atom is 0.243 e. The molecule has 0 saturated carbocycles. The second kappa shape index (κ2) is 8.51. The highest BCUT2D eigenvalue weighted by Crippen LogP contribution is 2.27. The topological polar surface area (TPSA) is 66.4 Å². The largest absolute Gasteiger partial charge is 0.352 e. The number of hydrogen-bond acceptors (Lipinski definition) is 5. The highest BCUT2D eigenvalue weighted by atomic mass is 35.5. The third-order valence-electron chi connectivity index (χ3n) is 5.09. The van der Waals surface area contributed by atoms with E-state index < -0.39 is 10.0 Å². The summed E-state index contributed by atoms with van der Waals surface area (Å²) >= 11 is 11.9. The minimum absolute atomic E-state index is 0.146. The summed E-state index contributed by atoms with van der Waals surface area (Å²) in [6, 6.07) is 16.3. The Morgan fingerprint density at radius 1 is 0.833 bits per heavy atom. The van der Waals surface area contributed by atoms with Crippen LogP contribution < -0.4 is 4.90 Å². The van der Waals surface area contributed by atoms with Crippen LogP contribution in [0.15, 0.2) is 59.5 Å². The van der Waals surface area contributed by atoms with Crippen molar-refractivity contribution in [1.82, 2.24) is 14.5 Å². The van der Waals surface area contributed by atoms with E-state index in [2.05, 4.69) is 10.2 Å². The lowest BCUT2D eigenvalue weighted by atomic mass is 10.1. The van der Waals surface area contributed by atoms with Gasteiger partial charge >= 0.3 is 0 Å². The predicted molar refractivity (Wildman–Crippen MR) is 120 cm³/mol. The van der Waals surface area contributed by atoms with Crippen molar-refractivity contribution in [3.8, 4) is 11.3 Å². The molecule has 6 nitrogen and oxygen atoms in total. The zero-order valence-corrected chi connectivity index (χ0v) is 18.6. The van der Waals surface area contributed by atoms with E-state index in [4.69, 9.17) is 23.2 Å². The molecular formula is C21H20Cl2N4O2S. The normalized spacial score (nSPS) is 15.4. The number of hydrogen-bond donors (Lipinski definition) is 0. The zero-order valence-electron chi connectivity index (χ0n) is 16.3. The number of piperazine rings is 1. The molecule has 0 unspecified atom stereocenters. The predicted octanol–water partition coefficient (Wildman–Crippen LogP) is 4.27. The van der Waals surface area contributed by atoms with E-state index in [-0.39, 0.29) is 9.92 Å². The number of rotatable bonds is 4. The van der Waals surface area contributed by atoms with E-state index in [9.17, 15) is 8.42 Å². The van der Waals surface area contributed by atoms with Gasteiger partial charge in [-0.25, -0.2) is 8.42 Å². The van der Waals surface area contributed by atoms with Crippen LogP contribution in [0.2, 0.25) is 10.0 Å². The van der Waals surface area contributed by atoms with Gasteiger partial charge in [0, 0.05) is 31.7 Å². The first kappa shape index (κ1) is 21.1. The lowest BCUT2D eigenvalue weighted by Gasteiger charge is -2.34. The van der Waals surface area contributed by atoms with Crippen molar-refractivity contribution in [2.75, 3.05) is 31.1 Å². The van der Waals surface area contributed by atoms with Gasteiger partial charge in [0.15, 0.2) is 5.82 Å². The molecule has 0 bridgehead atoms. The van der Waals surface area contributed by atoms with Gasteiger partial charge in [-0.1, -0.05) is 53.0 Å². The first-order valence-electron chi connectivity index (χ1n) is 9.45. The molecule has 2 aromatic carbocycles. The highest BCUT2D eigenvalue weighted by molar-refractivity contribution is 7.89. The van der Waals surface area contributed by atoms with Gasteiger partial charge in [-0.3, -0.25) is 0 Å². The van der Waals surface area contributed by atoms with Crippen molar-refractivity contribution in [3.63, 3.8) is 0 Å². The third kappa shape index (κ3) is 4.30. The summed E-state index contributed by atoms with van der Waals surface area (Å²) in [7, 11) is -3.63. The Morgan fingerprint density at radius 3 is 2.13 bits per heavy atom. The molecule has 0 atom stereocenters. The summed E-state index contributed by atoms with van der Waals surface area (Å²) in [6.45, 7) is 3.80. The average Bonchev–Trinajstić information content (AvgIpc) is 2.76. The minimum atomic E-state index is -3.63. The van der Waals surface area contributed by atoms with E-state index in [1.165, 1.54) is 28.1 Å². The second-order valence-electron chi connectivity index (χ2n) is 7.11. The molecule has 0 N–H and O–H groups in total. The summed E-state index contributed by atoms with van der Waals surface area (Å²) in [5.41, 5.74) is 3.01. The SMILES string of the molecule is Cc1ccc(-c2ccc(N3CCN(S(=O)(=O)c4ccc(Cl)c(Cl)c4)CC3)nn2)cc1. The highest BCUT2D eigenvalue weighted by Gasteiger charge is 2.29.